The van der Waals surface area contributed by atoms with Crippen LogP contribution in [0, 0.1) is 5.41 Å². The van der Waals surface area contributed by atoms with Crippen LogP contribution in [0.4, 0.5) is 0 Å². The number of fused-ring (bicyclic) bond motifs is 1. The Morgan fingerprint density at radius 3 is 2.62 bits per heavy atom. The van der Waals surface area contributed by atoms with Crippen molar-refractivity contribution in [3.63, 3.8) is 0 Å². The van der Waals surface area contributed by atoms with E-state index in [0.717, 1.165) is 25.7 Å². The zero-order valence-corrected chi connectivity index (χ0v) is 15.7. The van der Waals surface area contributed by atoms with Crippen molar-refractivity contribution < 1.29 is 14.4 Å². The molecule has 140 valence electrons. The third kappa shape index (κ3) is 3.53. The second kappa shape index (κ2) is 7.60. The van der Waals surface area contributed by atoms with Crippen LogP contribution < -0.4 is 0 Å². The van der Waals surface area contributed by atoms with E-state index >= 15 is 0 Å². The fraction of sp³-hybridized carbons (Fsp3) is 0.571. The summed E-state index contributed by atoms with van der Waals surface area (Å²) in [4.78, 5) is 42.0. The van der Waals surface area contributed by atoms with E-state index in [2.05, 4.69) is 6.92 Å². The Bertz CT molecular complexity index is 688. The number of amides is 3. The number of nitrogens with zero attached hydrogens (tertiary/aromatic N) is 2. The first kappa shape index (κ1) is 18.6. The van der Waals surface area contributed by atoms with Gasteiger partial charge in [-0.1, -0.05) is 44.9 Å². The molecular formula is C21H28N2O3. The Balaban J connectivity index is 1.92. The number of benzene rings is 1. The second-order valence-corrected chi connectivity index (χ2v) is 7.78. The van der Waals surface area contributed by atoms with Crippen molar-refractivity contribution >= 4 is 17.7 Å². The number of imide groups is 1. The number of hydrogen-bond donors (Lipinski definition) is 0. The van der Waals surface area contributed by atoms with Crippen molar-refractivity contribution in [1.29, 1.82) is 0 Å². The molecule has 2 aliphatic rings. The zero-order valence-electron chi connectivity index (χ0n) is 15.7. The molecule has 0 spiro atoms. The SMILES string of the molecule is CCCCC1(C)C[C@H]2CCC(=O)N2CCN(C(=O)c2ccccc2)C1=O. The highest BCUT2D eigenvalue weighted by molar-refractivity contribution is 6.06. The fourth-order valence-electron chi connectivity index (χ4n) is 4.26. The molecule has 3 rings (SSSR count). The highest BCUT2D eigenvalue weighted by atomic mass is 16.2. The lowest BCUT2D eigenvalue weighted by Crippen LogP contribution is -2.54. The number of carbonyl (C=O) groups is 3. The van der Waals surface area contributed by atoms with Crippen molar-refractivity contribution in [1.82, 2.24) is 9.80 Å². The topological polar surface area (TPSA) is 57.7 Å². The van der Waals surface area contributed by atoms with Crippen LogP contribution in [0.5, 0.6) is 0 Å². The lowest BCUT2D eigenvalue weighted by Gasteiger charge is -2.41. The summed E-state index contributed by atoms with van der Waals surface area (Å²) in [5.74, 6) is -0.198. The molecule has 5 heteroatoms. The van der Waals surface area contributed by atoms with Crippen LogP contribution in [0.1, 0.15) is 62.7 Å². The highest BCUT2D eigenvalue weighted by Crippen LogP contribution is 2.38. The first-order chi connectivity index (χ1) is 12.5. The van der Waals surface area contributed by atoms with Gasteiger partial charge in [0.2, 0.25) is 11.8 Å². The summed E-state index contributed by atoms with van der Waals surface area (Å²) in [5, 5.41) is 0. The van der Waals surface area contributed by atoms with Gasteiger partial charge in [-0.25, -0.2) is 0 Å². The summed E-state index contributed by atoms with van der Waals surface area (Å²) in [6, 6.07) is 9.06. The molecule has 3 amide bonds. The van der Waals surface area contributed by atoms with Gasteiger partial charge in [0.05, 0.1) is 0 Å². The molecule has 26 heavy (non-hydrogen) atoms. The van der Waals surface area contributed by atoms with Gasteiger partial charge in [-0.05, 0) is 31.4 Å². The van der Waals surface area contributed by atoms with Gasteiger partial charge < -0.3 is 4.90 Å². The Morgan fingerprint density at radius 2 is 1.92 bits per heavy atom. The Hall–Kier alpha value is -2.17. The predicted molar refractivity (Wildman–Crippen MR) is 99.5 cm³/mol. The van der Waals surface area contributed by atoms with Gasteiger partial charge in [0.25, 0.3) is 5.91 Å². The first-order valence-corrected chi connectivity index (χ1v) is 9.67. The summed E-state index contributed by atoms with van der Waals surface area (Å²) < 4.78 is 0. The molecule has 0 aliphatic carbocycles. The van der Waals surface area contributed by atoms with Gasteiger partial charge in [0.1, 0.15) is 0 Å². The fourth-order valence-corrected chi connectivity index (χ4v) is 4.26. The van der Waals surface area contributed by atoms with E-state index in [1.54, 1.807) is 24.3 Å². The van der Waals surface area contributed by atoms with Crippen LogP contribution in [0.25, 0.3) is 0 Å². The molecular weight excluding hydrogens is 328 g/mol. The van der Waals surface area contributed by atoms with Crippen LogP contribution >= 0.6 is 0 Å². The van der Waals surface area contributed by atoms with E-state index in [9.17, 15) is 14.4 Å². The van der Waals surface area contributed by atoms with Crippen LogP contribution in [-0.2, 0) is 9.59 Å². The lowest BCUT2D eigenvalue weighted by atomic mass is 9.76. The normalized spacial score (nSPS) is 26.5. The van der Waals surface area contributed by atoms with Crippen molar-refractivity contribution in [2.24, 2.45) is 5.41 Å². The van der Waals surface area contributed by atoms with Gasteiger partial charge in [-0.15, -0.1) is 0 Å². The van der Waals surface area contributed by atoms with Crippen molar-refractivity contribution in [2.45, 2.75) is 58.4 Å². The molecule has 1 aromatic rings. The average Bonchev–Trinajstić information content (AvgIpc) is 2.98. The summed E-state index contributed by atoms with van der Waals surface area (Å²) in [6.45, 7) is 4.80. The minimum atomic E-state index is -0.603. The summed E-state index contributed by atoms with van der Waals surface area (Å²) in [7, 11) is 0. The predicted octanol–water partition coefficient (Wildman–Crippen LogP) is 3.25. The third-order valence-electron chi connectivity index (χ3n) is 5.81. The largest absolute Gasteiger partial charge is 0.338 e. The number of carbonyl (C=O) groups excluding carboxylic acids is 3. The van der Waals surface area contributed by atoms with E-state index in [4.69, 9.17) is 0 Å². The van der Waals surface area contributed by atoms with Gasteiger partial charge in [-0.3, -0.25) is 19.3 Å². The Kier molecular flexibility index (Phi) is 5.44. The number of rotatable bonds is 4. The molecule has 0 radical (unpaired) electrons. The van der Waals surface area contributed by atoms with Crippen LogP contribution in [-0.4, -0.2) is 46.7 Å². The molecule has 2 heterocycles. The minimum Gasteiger partial charge on any atom is -0.338 e. The molecule has 0 N–H and O–H groups in total. The Labute approximate surface area is 155 Å². The van der Waals surface area contributed by atoms with Crippen molar-refractivity contribution in [2.75, 3.05) is 13.1 Å². The quantitative estimate of drug-likeness (QED) is 0.778. The van der Waals surface area contributed by atoms with Gasteiger partial charge in [0.15, 0.2) is 0 Å². The van der Waals surface area contributed by atoms with E-state index in [1.807, 2.05) is 17.9 Å². The monoisotopic (exact) mass is 356 g/mol. The maximum atomic E-state index is 13.4. The maximum absolute atomic E-state index is 13.4. The van der Waals surface area contributed by atoms with Crippen LogP contribution in [0.3, 0.4) is 0 Å². The molecule has 2 fully saturated rings. The molecule has 1 unspecified atom stereocenters. The molecule has 5 nitrogen and oxygen atoms in total. The lowest BCUT2D eigenvalue weighted by molar-refractivity contribution is -0.144. The van der Waals surface area contributed by atoms with Crippen LogP contribution in [0.2, 0.25) is 0 Å². The van der Waals surface area contributed by atoms with Crippen molar-refractivity contribution in [3.8, 4) is 0 Å². The zero-order chi connectivity index (χ0) is 18.7. The minimum absolute atomic E-state index is 0.0844. The maximum Gasteiger partial charge on any atom is 0.260 e. The van der Waals surface area contributed by atoms with E-state index < -0.39 is 5.41 Å². The van der Waals surface area contributed by atoms with E-state index in [1.165, 1.54) is 4.90 Å². The molecule has 1 aromatic carbocycles. The smallest absolute Gasteiger partial charge is 0.260 e. The Morgan fingerprint density at radius 1 is 1.19 bits per heavy atom. The number of hydrogen-bond acceptors (Lipinski definition) is 3. The molecule has 2 aliphatic heterocycles. The van der Waals surface area contributed by atoms with Gasteiger partial charge in [0, 0.05) is 36.5 Å². The van der Waals surface area contributed by atoms with Gasteiger partial charge >= 0.3 is 0 Å². The average molecular weight is 356 g/mol. The standard InChI is InChI=1S/C21H28N2O3/c1-3-4-12-21(2)15-17-10-11-18(24)22(17)13-14-23(20(21)26)19(25)16-8-6-5-7-9-16/h5-9,17H,3-4,10-15H2,1-2H3/t17-,21?/m1/s1. The van der Waals surface area contributed by atoms with E-state index in [-0.39, 0.29) is 30.3 Å². The second-order valence-electron chi connectivity index (χ2n) is 7.78. The summed E-state index contributed by atoms with van der Waals surface area (Å²) >= 11 is 0. The summed E-state index contributed by atoms with van der Waals surface area (Å²) in [5.41, 5.74) is -0.0856. The molecule has 2 atom stereocenters. The number of unbranched alkanes of at least 4 members (excludes halogenated alkanes) is 1. The van der Waals surface area contributed by atoms with Gasteiger partial charge in [-0.2, -0.15) is 0 Å². The van der Waals surface area contributed by atoms with Crippen molar-refractivity contribution in [3.05, 3.63) is 35.9 Å². The van der Waals surface area contributed by atoms with Crippen LogP contribution in [0.15, 0.2) is 30.3 Å². The van der Waals surface area contributed by atoms with E-state index in [0.29, 0.717) is 24.9 Å². The first-order valence-electron chi connectivity index (χ1n) is 9.67. The summed E-state index contributed by atoms with van der Waals surface area (Å²) in [6.07, 6.45) is 4.71. The highest BCUT2D eigenvalue weighted by Gasteiger charge is 2.45. The molecule has 0 aromatic heterocycles. The molecule has 0 saturated carbocycles. The molecule has 2 saturated heterocycles. The third-order valence-corrected chi connectivity index (χ3v) is 5.81. The molecule has 0 bridgehead atoms.